The Bertz CT molecular complexity index is 642. The normalized spacial score (nSPS) is 10.6. The zero-order valence-corrected chi connectivity index (χ0v) is 10.4. The predicted molar refractivity (Wildman–Crippen MR) is 70.3 cm³/mol. The first kappa shape index (κ1) is 11.5. The van der Waals surface area contributed by atoms with E-state index in [4.69, 9.17) is 4.42 Å². The Morgan fingerprint density at radius 2 is 2.05 bits per heavy atom. The molecule has 0 bridgehead atoms. The van der Waals surface area contributed by atoms with Crippen LogP contribution in [0.2, 0.25) is 0 Å². The van der Waals surface area contributed by atoms with Crippen molar-refractivity contribution in [3.63, 3.8) is 0 Å². The molecule has 1 aromatic carbocycles. The molecule has 0 radical (unpaired) electrons. The van der Waals surface area contributed by atoms with Gasteiger partial charge in [0.15, 0.2) is 0 Å². The molecule has 0 spiro atoms. The molecule has 0 aliphatic heterocycles. The van der Waals surface area contributed by atoms with Gasteiger partial charge in [-0.25, -0.2) is 0 Å². The van der Waals surface area contributed by atoms with E-state index in [1.54, 1.807) is 6.20 Å². The van der Waals surface area contributed by atoms with Crippen molar-refractivity contribution in [2.24, 2.45) is 7.05 Å². The SMILES string of the molecule is Cn1nccc1CNc1ccc(-c2nnco2)cc1. The van der Waals surface area contributed by atoms with Crippen LogP contribution < -0.4 is 5.32 Å². The number of hydrogen-bond donors (Lipinski definition) is 1. The maximum atomic E-state index is 5.14. The van der Waals surface area contributed by atoms with Crippen molar-refractivity contribution in [3.8, 4) is 11.5 Å². The summed E-state index contributed by atoms with van der Waals surface area (Å²) in [7, 11) is 1.93. The molecule has 0 saturated carbocycles. The number of benzene rings is 1. The molecule has 1 N–H and O–H groups in total. The number of aryl methyl sites for hydroxylation is 1. The van der Waals surface area contributed by atoms with Gasteiger partial charge in [0.05, 0.1) is 12.2 Å². The van der Waals surface area contributed by atoms with Crippen LogP contribution in [0.1, 0.15) is 5.69 Å². The topological polar surface area (TPSA) is 68.8 Å². The first-order valence-corrected chi connectivity index (χ1v) is 5.90. The molecule has 19 heavy (non-hydrogen) atoms. The van der Waals surface area contributed by atoms with Gasteiger partial charge in [-0.1, -0.05) is 0 Å². The molecular weight excluding hydrogens is 242 g/mol. The van der Waals surface area contributed by atoms with Gasteiger partial charge >= 0.3 is 0 Å². The summed E-state index contributed by atoms with van der Waals surface area (Å²) >= 11 is 0. The molecule has 6 nitrogen and oxygen atoms in total. The van der Waals surface area contributed by atoms with Crippen LogP contribution >= 0.6 is 0 Å². The summed E-state index contributed by atoms with van der Waals surface area (Å²) in [4.78, 5) is 0. The lowest BCUT2D eigenvalue weighted by molar-refractivity contribution is 0.568. The maximum Gasteiger partial charge on any atom is 0.247 e. The Hall–Kier alpha value is -2.63. The molecule has 2 aromatic heterocycles. The van der Waals surface area contributed by atoms with E-state index in [0.717, 1.165) is 23.5 Å². The van der Waals surface area contributed by atoms with Crippen LogP contribution in [-0.2, 0) is 13.6 Å². The van der Waals surface area contributed by atoms with Crippen LogP contribution in [-0.4, -0.2) is 20.0 Å². The van der Waals surface area contributed by atoms with E-state index < -0.39 is 0 Å². The first-order chi connectivity index (χ1) is 9.33. The van der Waals surface area contributed by atoms with E-state index in [1.807, 2.05) is 42.1 Å². The zero-order chi connectivity index (χ0) is 13.1. The second kappa shape index (κ2) is 4.93. The summed E-state index contributed by atoms with van der Waals surface area (Å²) in [5, 5.41) is 15.0. The third kappa shape index (κ3) is 2.47. The minimum atomic E-state index is 0.526. The lowest BCUT2D eigenvalue weighted by atomic mass is 10.2. The molecule has 0 aliphatic rings. The Labute approximate surface area is 110 Å². The summed E-state index contributed by atoms with van der Waals surface area (Å²) in [6.07, 6.45) is 3.11. The van der Waals surface area contributed by atoms with E-state index in [9.17, 15) is 0 Å². The smallest absolute Gasteiger partial charge is 0.247 e. The van der Waals surface area contributed by atoms with Crippen LogP contribution in [0.4, 0.5) is 5.69 Å². The summed E-state index contributed by atoms with van der Waals surface area (Å²) < 4.78 is 6.99. The zero-order valence-electron chi connectivity index (χ0n) is 10.4. The van der Waals surface area contributed by atoms with Crippen LogP contribution in [0.15, 0.2) is 47.3 Å². The summed E-state index contributed by atoms with van der Waals surface area (Å²) in [6, 6.07) is 9.84. The number of nitrogens with zero attached hydrogens (tertiary/aromatic N) is 4. The van der Waals surface area contributed by atoms with Gasteiger partial charge in [-0.2, -0.15) is 5.10 Å². The monoisotopic (exact) mass is 255 g/mol. The summed E-state index contributed by atoms with van der Waals surface area (Å²) in [5.74, 6) is 0.526. The molecule has 0 aliphatic carbocycles. The molecule has 3 aromatic rings. The molecule has 3 rings (SSSR count). The standard InChI is InChI=1S/C13H13N5O/c1-18-12(6-7-16-18)8-14-11-4-2-10(3-5-11)13-17-15-9-19-13/h2-7,9,14H,8H2,1H3. The number of anilines is 1. The summed E-state index contributed by atoms with van der Waals surface area (Å²) in [5.41, 5.74) is 3.06. The Morgan fingerprint density at radius 3 is 2.68 bits per heavy atom. The van der Waals surface area contributed by atoms with Crippen molar-refractivity contribution < 1.29 is 4.42 Å². The average molecular weight is 255 g/mol. The van der Waals surface area contributed by atoms with Gasteiger partial charge in [0, 0.05) is 24.5 Å². The van der Waals surface area contributed by atoms with Crippen LogP contribution in [0, 0.1) is 0 Å². The lowest BCUT2D eigenvalue weighted by Crippen LogP contribution is -2.05. The average Bonchev–Trinajstić information content (AvgIpc) is 3.09. The highest BCUT2D eigenvalue weighted by Gasteiger charge is 2.03. The summed E-state index contributed by atoms with van der Waals surface area (Å²) in [6.45, 7) is 0.733. The molecule has 0 amide bonds. The Kier molecular flexibility index (Phi) is 2.97. The number of hydrogen-bond acceptors (Lipinski definition) is 5. The van der Waals surface area contributed by atoms with Crippen molar-refractivity contribution in [1.82, 2.24) is 20.0 Å². The van der Waals surface area contributed by atoms with Crippen molar-refractivity contribution in [2.75, 3.05) is 5.32 Å². The van der Waals surface area contributed by atoms with E-state index in [2.05, 4.69) is 20.6 Å². The highest BCUT2D eigenvalue weighted by atomic mass is 16.4. The van der Waals surface area contributed by atoms with E-state index in [-0.39, 0.29) is 0 Å². The number of aromatic nitrogens is 4. The highest BCUT2D eigenvalue weighted by Crippen LogP contribution is 2.19. The van der Waals surface area contributed by atoms with Gasteiger partial charge in [0.2, 0.25) is 12.3 Å². The fourth-order valence-corrected chi connectivity index (χ4v) is 1.80. The van der Waals surface area contributed by atoms with Gasteiger partial charge in [-0.05, 0) is 30.3 Å². The Balaban J connectivity index is 1.68. The second-order valence-corrected chi connectivity index (χ2v) is 4.12. The third-order valence-corrected chi connectivity index (χ3v) is 2.89. The quantitative estimate of drug-likeness (QED) is 0.773. The third-order valence-electron chi connectivity index (χ3n) is 2.89. The van der Waals surface area contributed by atoms with Crippen LogP contribution in [0.25, 0.3) is 11.5 Å². The minimum absolute atomic E-state index is 0.526. The number of rotatable bonds is 4. The largest absolute Gasteiger partial charge is 0.423 e. The fraction of sp³-hybridized carbons (Fsp3) is 0.154. The molecule has 96 valence electrons. The molecule has 0 saturated heterocycles. The van der Waals surface area contributed by atoms with Crippen LogP contribution in [0.3, 0.4) is 0 Å². The van der Waals surface area contributed by atoms with E-state index >= 15 is 0 Å². The first-order valence-electron chi connectivity index (χ1n) is 5.90. The predicted octanol–water partition coefficient (Wildman–Crippen LogP) is 2.08. The van der Waals surface area contributed by atoms with Crippen molar-refractivity contribution in [3.05, 3.63) is 48.6 Å². The van der Waals surface area contributed by atoms with Crippen LogP contribution in [0.5, 0.6) is 0 Å². The molecule has 0 unspecified atom stereocenters. The highest BCUT2D eigenvalue weighted by molar-refractivity contribution is 5.58. The van der Waals surface area contributed by atoms with Gasteiger partial charge in [0.25, 0.3) is 0 Å². The molecule has 0 atom stereocenters. The van der Waals surface area contributed by atoms with Gasteiger partial charge in [-0.15, -0.1) is 10.2 Å². The number of nitrogens with one attached hydrogen (secondary N) is 1. The van der Waals surface area contributed by atoms with Crippen molar-refractivity contribution in [1.29, 1.82) is 0 Å². The second-order valence-electron chi connectivity index (χ2n) is 4.12. The maximum absolute atomic E-state index is 5.14. The van der Waals surface area contributed by atoms with Crippen molar-refractivity contribution >= 4 is 5.69 Å². The van der Waals surface area contributed by atoms with Gasteiger partial charge in [-0.3, -0.25) is 4.68 Å². The van der Waals surface area contributed by atoms with Gasteiger partial charge in [0.1, 0.15) is 0 Å². The van der Waals surface area contributed by atoms with Gasteiger partial charge < -0.3 is 9.73 Å². The Morgan fingerprint density at radius 1 is 1.21 bits per heavy atom. The fourth-order valence-electron chi connectivity index (χ4n) is 1.80. The molecule has 0 fully saturated rings. The molecule has 2 heterocycles. The van der Waals surface area contributed by atoms with Crippen molar-refractivity contribution in [2.45, 2.75) is 6.54 Å². The van der Waals surface area contributed by atoms with E-state index in [1.165, 1.54) is 6.39 Å². The molecule has 6 heteroatoms. The molecular formula is C13H13N5O. The lowest BCUT2D eigenvalue weighted by Gasteiger charge is -2.06. The minimum Gasteiger partial charge on any atom is -0.423 e. The van der Waals surface area contributed by atoms with E-state index in [0.29, 0.717) is 5.89 Å².